The molecule has 1 amide bonds. The van der Waals surface area contributed by atoms with Gasteiger partial charge in [0.15, 0.2) is 0 Å². The van der Waals surface area contributed by atoms with Crippen molar-refractivity contribution >= 4 is 38.7 Å². The van der Waals surface area contributed by atoms with Gasteiger partial charge in [-0.3, -0.25) is 4.98 Å². The first kappa shape index (κ1) is 19.1. The highest BCUT2D eigenvalue weighted by molar-refractivity contribution is 7.18. The minimum absolute atomic E-state index is 0.262. The number of carbonyl (C=O) groups is 1. The summed E-state index contributed by atoms with van der Waals surface area (Å²) in [4.78, 5) is 22.0. The normalized spacial score (nSPS) is 21.2. The van der Waals surface area contributed by atoms with Crippen LogP contribution in [0, 0.1) is 5.92 Å². The third kappa shape index (κ3) is 3.35. The van der Waals surface area contributed by atoms with Crippen LogP contribution in [0.3, 0.4) is 0 Å². The number of thiophene rings is 1. The Kier molecular flexibility index (Phi) is 5.25. The van der Waals surface area contributed by atoms with Crippen molar-refractivity contribution in [1.82, 2.24) is 19.4 Å². The van der Waals surface area contributed by atoms with Crippen LogP contribution in [0.4, 0.5) is 4.79 Å². The largest absolute Gasteiger partial charge is 0.465 e. The zero-order valence-corrected chi connectivity index (χ0v) is 17.0. The molecule has 3 heterocycles. The molecule has 0 aromatic carbocycles. The third-order valence-electron chi connectivity index (χ3n) is 5.84. The lowest BCUT2D eigenvalue weighted by molar-refractivity contribution is 0.129. The first-order valence-corrected chi connectivity index (χ1v) is 10.8. The van der Waals surface area contributed by atoms with Crippen molar-refractivity contribution in [1.29, 1.82) is 0 Å². The van der Waals surface area contributed by atoms with E-state index < -0.39 is 12.2 Å². The van der Waals surface area contributed by atoms with E-state index in [4.69, 9.17) is 4.98 Å². The Morgan fingerprint density at radius 2 is 2.11 bits per heavy atom. The molecule has 0 bridgehead atoms. The topological polar surface area (TPSA) is 91.5 Å². The summed E-state index contributed by atoms with van der Waals surface area (Å²) in [6, 6.07) is 2.28. The van der Waals surface area contributed by atoms with E-state index in [1.165, 1.54) is 4.90 Å². The van der Waals surface area contributed by atoms with E-state index in [2.05, 4.69) is 9.55 Å². The zero-order chi connectivity index (χ0) is 19.8. The summed E-state index contributed by atoms with van der Waals surface area (Å²) < 4.78 is 3.34. The Labute approximate surface area is 167 Å². The number of amides is 1. The Morgan fingerprint density at radius 1 is 1.36 bits per heavy atom. The van der Waals surface area contributed by atoms with Crippen molar-refractivity contribution in [3.8, 4) is 0 Å². The smallest absolute Gasteiger partial charge is 0.407 e. The average molecular weight is 403 g/mol. The molecule has 0 unspecified atom stereocenters. The van der Waals surface area contributed by atoms with Crippen molar-refractivity contribution in [3.63, 3.8) is 0 Å². The second kappa shape index (κ2) is 7.67. The fraction of sp³-hybridized carbons (Fsp3) is 0.550. The fourth-order valence-corrected chi connectivity index (χ4v) is 5.29. The van der Waals surface area contributed by atoms with Crippen molar-refractivity contribution in [3.05, 3.63) is 23.5 Å². The molecule has 28 heavy (non-hydrogen) atoms. The highest BCUT2D eigenvalue weighted by Gasteiger charge is 2.29. The Hall–Kier alpha value is -2.19. The summed E-state index contributed by atoms with van der Waals surface area (Å²) in [6.07, 6.45) is 4.18. The number of aliphatic hydroxyl groups is 1. The maximum absolute atomic E-state index is 11.3. The number of hydrogen-bond acceptors (Lipinski definition) is 5. The molecule has 1 atom stereocenters. The number of rotatable bonds is 5. The van der Waals surface area contributed by atoms with Gasteiger partial charge in [0.1, 0.15) is 17.4 Å². The molecule has 8 heteroatoms. The van der Waals surface area contributed by atoms with Crippen molar-refractivity contribution in [2.75, 3.05) is 13.1 Å². The molecular formula is C20H26N4O3S. The van der Waals surface area contributed by atoms with Crippen molar-refractivity contribution in [2.24, 2.45) is 5.92 Å². The van der Waals surface area contributed by atoms with Gasteiger partial charge < -0.3 is 19.7 Å². The van der Waals surface area contributed by atoms with Crippen LogP contribution >= 0.6 is 11.3 Å². The molecule has 0 spiro atoms. The van der Waals surface area contributed by atoms with Gasteiger partial charge in [-0.2, -0.15) is 0 Å². The van der Waals surface area contributed by atoms with Crippen LogP contribution in [-0.2, 0) is 0 Å². The Bertz CT molecular complexity index is 988. The first-order valence-electron chi connectivity index (χ1n) is 9.89. The third-order valence-corrected chi connectivity index (χ3v) is 6.75. The van der Waals surface area contributed by atoms with Crippen LogP contribution in [0.25, 0.3) is 21.3 Å². The lowest BCUT2D eigenvalue weighted by Crippen LogP contribution is -2.35. The van der Waals surface area contributed by atoms with Crippen LogP contribution in [0.5, 0.6) is 0 Å². The molecule has 2 N–H and O–H groups in total. The van der Waals surface area contributed by atoms with Crippen LogP contribution in [0.2, 0.25) is 0 Å². The van der Waals surface area contributed by atoms with Gasteiger partial charge in [-0.25, -0.2) is 9.78 Å². The predicted molar refractivity (Wildman–Crippen MR) is 110 cm³/mol. The maximum Gasteiger partial charge on any atom is 0.407 e. The molecule has 1 aliphatic rings. The minimum atomic E-state index is -0.839. The van der Waals surface area contributed by atoms with E-state index in [0.717, 1.165) is 46.9 Å². The molecule has 1 aliphatic carbocycles. The lowest BCUT2D eigenvalue weighted by atomic mass is 9.85. The molecule has 1 saturated carbocycles. The summed E-state index contributed by atoms with van der Waals surface area (Å²) in [6.45, 7) is 4.77. The van der Waals surface area contributed by atoms with Gasteiger partial charge in [0.2, 0.25) is 0 Å². The number of fused-ring (bicyclic) bond motifs is 3. The number of nitrogens with zero attached hydrogens (tertiary/aromatic N) is 4. The quantitative estimate of drug-likeness (QED) is 0.659. The zero-order valence-electron chi connectivity index (χ0n) is 16.2. The summed E-state index contributed by atoms with van der Waals surface area (Å²) >= 11 is 1.66. The molecule has 4 rings (SSSR count). The van der Waals surface area contributed by atoms with E-state index in [1.54, 1.807) is 24.5 Å². The molecule has 1 fully saturated rings. The molecule has 150 valence electrons. The molecule has 7 nitrogen and oxygen atoms in total. The van der Waals surface area contributed by atoms with E-state index in [1.807, 2.05) is 18.4 Å². The van der Waals surface area contributed by atoms with Gasteiger partial charge in [-0.15, -0.1) is 11.3 Å². The SMILES string of the molecule is CCN(CC1CCC(n2c([C@@H](C)O)nc3cnc4ccsc4c32)CC1)C(=O)O. The standard InChI is InChI=1S/C20H26N4O3S/c1-3-23(20(26)27)11-13-4-6-14(7-5-13)24-17-16(22-19(24)12(2)25)10-21-15-8-9-28-18(15)17/h8-10,12-14,25H,3-7,11H2,1-2H3,(H,26,27)/t12-,13?,14?/m1/s1. The molecule has 3 aromatic rings. The highest BCUT2D eigenvalue weighted by atomic mass is 32.1. The van der Waals surface area contributed by atoms with E-state index in [-0.39, 0.29) is 6.04 Å². The summed E-state index contributed by atoms with van der Waals surface area (Å²) in [5.74, 6) is 1.09. The van der Waals surface area contributed by atoms with Gasteiger partial charge in [-0.1, -0.05) is 0 Å². The number of carboxylic acid groups (broad SMARTS) is 1. The second-order valence-electron chi connectivity index (χ2n) is 7.64. The fourth-order valence-electron chi connectivity index (χ4n) is 4.40. The molecule has 0 aliphatic heterocycles. The summed E-state index contributed by atoms with van der Waals surface area (Å²) in [5, 5.41) is 21.7. The maximum atomic E-state index is 11.3. The van der Waals surface area contributed by atoms with Crippen LogP contribution in [0.15, 0.2) is 17.6 Å². The van der Waals surface area contributed by atoms with Crippen LogP contribution in [-0.4, -0.2) is 48.8 Å². The van der Waals surface area contributed by atoms with Crippen molar-refractivity contribution in [2.45, 2.75) is 51.7 Å². The van der Waals surface area contributed by atoms with Gasteiger partial charge in [-0.05, 0) is 56.9 Å². The average Bonchev–Trinajstić information content (AvgIpc) is 3.30. The number of hydrogen-bond donors (Lipinski definition) is 2. The van der Waals surface area contributed by atoms with E-state index in [9.17, 15) is 15.0 Å². The van der Waals surface area contributed by atoms with Crippen molar-refractivity contribution < 1.29 is 15.0 Å². The van der Waals surface area contributed by atoms with Crippen LogP contribution in [0.1, 0.15) is 57.5 Å². The molecular weight excluding hydrogens is 376 g/mol. The van der Waals surface area contributed by atoms with Gasteiger partial charge >= 0.3 is 6.09 Å². The van der Waals surface area contributed by atoms with E-state index in [0.29, 0.717) is 24.8 Å². The number of aromatic nitrogens is 3. The number of imidazole rings is 1. The van der Waals surface area contributed by atoms with Gasteiger partial charge in [0.05, 0.1) is 21.9 Å². The Balaban J connectivity index is 1.63. The minimum Gasteiger partial charge on any atom is -0.465 e. The summed E-state index contributed by atoms with van der Waals surface area (Å²) in [7, 11) is 0. The lowest BCUT2D eigenvalue weighted by Gasteiger charge is -2.33. The number of aliphatic hydroxyl groups excluding tert-OH is 1. The van der Waals surface area contributed by atoms with Gasteiger partial charge in [0.25, 0.3) is 0 Å². The summed E-state index contributed by atoms with van der Waals surface area (Å²) in [5.41, 5.74) is 2.86. The van der Waals surface area contributed by atoms with Crippen LogP contribution < -0.4 is 0 Å². The van der Waals surface area contributed by atoms with E-state index >= 15 is 0 Å². The first-order chi connectivity index (χ1) is 13.5. The Morgan fingerprint density at radius 3 is 2.75 bits per heavy atom. The highest BCUT2D eigenvalue weighted by Crippen LogP contribution is 2.39. The second-order valence-corrected chi connectivity index (χ2v) is 8.55. The predicted octanol–water partition coefficient (Wildman–Crippen LogP) is 4.43. The molecule has 0 saturated heterocycles. The number of pyridine rings is 1. The molecule has 3 aromatic heterocycles. The monoisotopic (exact) mass is 402 g/mol. The molecule has 0 radical (unpaired) electrons. The van der Waals surface area contributed by atoms with Gasteiger partial charge in [0, 0.05) is 19.1 Å².